The summed E-state index contributed by atoms with van der Waals surface area (Å²) in [6.07, 6.45) is 1.16. The Bertz CT molecular complexity index is 169. The lowest BCUT2D eigenvalue weighted by Gasteiger charge is -2.01. The van der Waals surface area contributed by atoms with Crippen LogP contribution in [-0.2, 0) is 0 Å². The summed E-state index contributed by atoms with van der Waals surface area (Å²) >= 11 is 0. The highest BCUT2D eigenvalue weighted by molar-refractivity contribution is 5.40. The zero-order valence-electron chi connectivity index (χ0n) is 6.22. The maximum absolute atomic E-state index is 3.24. The van der Waals surface area contributed by atoms with E-state index in [1.54, 1.807) is 0 Å². The number of hydrogen-bond donors (Lipinski definition) is 1. The monoisotopic (exact) mass is 134 g/mol. The van der Waals surface area contributed by atoms with Crippen LogP contribution in [0.3, 0.4) is 0 Å². The molecule has 0 fully saturated rings. The third kappa shape index (κ3) is 2.09. The second-order valence-electron chi connectivity index (χ2n) is 2.20. The van der Waals surface area contributed by atoms with E-state index in [2.05, 4.69) is 18.3 Å². The van der Waals surface area contributed by atoms with Crippen LogP contribution in [0, 0.1) is 6.07 Å². The predicted octanol–water partition coefficient (Wildman–Crippen LogP) is 2.31. The van der Waals surface area contributed by atoms with Crippen molar-refractivity contribution >= 4 is 5.69 Å². The molecule has 1 aromatic carbocycles. The van der Waals surface area contributed by atoms with Gasteiger partial charge in [0.1, 0.15) is 0 Å². The first-order valence-corrected chi connectivity index (χ1v) is 3.64. The Morgan fingerprint density at radius 3 is 3.00 bits per heavy atom. The standard InChI is InChI=1S/C9H12N/c1-2-8-10-9-6-4-3-5-7-9/h3-6,10H,2,8H2,1H3. The average molecular weight is 134 g/mol. The lowest BCUT2D eigenvalue weighted by Crippen LogP contribution is -1.98. The Morgan fingerprint density at radius 1 is 1.50 bits per heavy atom. The molecule has 1 N–H and O–H groups in total. The summed E-state index contributed by atoms with van der Waals surface area (Å²) in [5.74, 6) is 0. The molecule has 0 amide bonds. The van der Waals surface area contributed by atoms with E-state index in [0.717, 1.165) is 18.7 Å². The van der Waals surface area contributed by atoms with Crippen molar-refractivity contribution in [2.24, 2.45) is 0 Å². The number of hydrogen-bond acceptors (Lipinski definition) is 1. The molecule has 53 valence electrons. The summed E-state index contributed by atoms with van der Waals surface area (Å²) in [4.78, 5) is 0. The lowest BCUT2D eigenvalue weighted by atomic mass is 10.3. The minimum absolute atomic E-state index is 1.03. The second kappa shape index (κ2) is 3.94. The highest BCUT2D eigenvalue weighted by Crippen LogP contribution is 2.02. The van der Waals surface area contributed by atoms with Gasteiger partial charge in [0.15, 0.2) is 0 Å². The van der Waals surface area contributed by atoms with Crippen LogP contribution in [0.4, 0.5) is 5.69 Å². The maximum Gasteiger partial charge on any atom is 0.0420 e. The van der Waals surface area contributed by atoms with E-state index in [1.165, 1.54) is 0 Å². The average Bonchev–Trinajstić information content (AvgIpc) is 2.03. The van der Waals surface area contributed by atoms with Gasteiger partial charge in [0.05, 0.1) is 0 Å². The fourth-order valence-electron chi connectivity index (χ4n) is 0.763. The van der Waals surface area contributed by atoms with Crippen molar-refractivity contribution in [2.75, 3.05) is 11.9 Å². The molecule has 0 aliphatic rings. The number of nitrogens with one attached hydrogen (secondary N) is 1. The highest BCUT2D eigenvalue weighted by atomic mass is 14.9. The summed E-state index contributed by atoms with van der Waals surface area (Å²) in [5, 5.41) is 3.24. The van der Waals surface area contributed by atoms with Crippen LogP contribution in [0.5, 0.6) is 0 Å². The molecule has 0 aliphatic carbocycles. The predicted molar refractivity (Wildman–Crippen MR) is 44.1 cm³/mol. The zero-order chi connectivity index (χ0) is 7.23. The van der Waals surface area contributed by atoms with Crippen LogP contribution in [0.2, 0.25) is 0 Å². The Kier molecular flexibility index (Phi) is 2.81. The quantitative estimate of drug-likeness (QED) is 0.669. The van der Waals surface area contributed by atoms with Crippen molar-refractivity contribution < 1.29 is 0 Å². The van der Waals surface area contributed by atoms with Crippen LogP contribution in [0.1, 0.15) is 13.3 Å². The van der Waals surface area contributed by atoms with Gasteiger partial charge in [-0.25, -0.2) is 0 Å². The molecular formula is C9H12N. The van der Waals surface area contributed by atoms with Crippen molar-refractivity contribution in [3.8, 4) is 0 Å². The Morgan fingerprint density at radius 2 is 2.40 bits per heavy atom. The minimum Gasteiger partial charge on any atom is -0.385 e. The normalized spacial score (nSPS) is 9.30. The maximum atomic E-state index is 3.24. The molecule has 1 heteroatoms. The fraction of sp³-hybridized carbons (Fsp3) is 0.333. The molecule has 1 radical (unpaired) electrons. The first-order chi connectivity index (χ1) is 4.93. The summed E-state index contributed by atoms with van der Waals surface area (Å²) in [7, 11) is 0. The first kappa shape index (κ1) is 7.13. The molecule has 0 aliphatic heterocycles. The van der Waals surface area contributed by atoms with Crippen molar-refractivity contribution in [3.63, 3.8) is 0 Å². The van der Waals surface area contributed by atoms with Crippen LogP contribution >= 0.6 is 0 Å². The van der Waals surface area contributed by atoms with Gasteiger partial charge in [-0.3, -0.25) is 0 Å². The van der Waals surface area contributed by atoms with E-state index < -0.39 is 0 Å². The third-order valence-corrected chi connectivity index (χ3v) is 1.27. The first-order valence-electron chi connectivity index (χ1n) is 3.64. The van der Waals surface area contributed by atoms with E-state index in [0.29, 0.717) is 0 Å². The molecule has 0 unspecified atom stereocenters. The van der Waals surface area contributed by atoms with E-state index in [4.69, 9.17) is 0 Å². The molecule has 0 aromatic heterocycles. The second-order valence-corrected chi connectivity index (χ2v) is 2.20. The Balaban J connectivity index is 2.43. The van der Waals surface area contributed by atoms with Crippen molar-refractivity contribution in [3.05, 3.63) is 30.3 Å². The summed E-state index contributed by atoms with van der Waals surface area (Å²) in [5.41, 5.74) is 1.09. The van der Waals surface area contributed by atoms with Gasteiger partial charge < -0.3 is 5.32 Å². The van der Waals surface area contributed by atoms with Crippen LogP contribution in [0.15, 0.2) is 24.3 Å². The van der Waals surface area contributed by atoms with Crippen molar-refractivity contribution in [1.82, 2.24) is 0 Å². The SMILES string of the molecule is CCCNc1[c]cccc1. The highest BCUT2D eigenvalue weighted by Gasteiger charge is 1.84. The van der Waals surface area contributed by atoms with Gasteiger partial charge in [-0.05, 0) is 12.5 Å². The molecule has 0 saturated heterocycles. The van der Waals surface area contributed by atoms with Crippen LogP contribution < -0.4 is 5.32 Å². The van der Waals surface area contributed by atoms with Gasteiger partial charge in [0.2, 0.25) is 0 Å². The molecular weight excluding hydrogens is 122 g/mol. The van der Waals surface area contributed by atoms with Crippen LogP contribution in [0.25, 0.3) is 0 Å². The zero-order valence-corrected chi connectivity index (χ0v) is 6.22. The van der Waals surface area contributed by atoms with Crippen molar-refractivity contribution in [2.45, 2.75) is 13.3 Å². The molecule has 1 aromatic rings. The van der Waals surface area contributed by atoms with E-state index in [1.807, 2.05) is 24.3 Å². The number of benzene rings is 1. The molecule has 1 nitrogen and oxygen atoms in total. The molecule has 10 heavy (non-hydrogen) atoms. The Labute approximate surface area is 62.1 Å². The van der Waals surface area contributed by atoms with Crippen LogP contribution in [-0.4, -0.2) is 6.54 Å². The van der Waals surface area contributed by atoms with Gasteiger partial charge >= 0.3 is 0 Å². The largest absolute Gasteiger partial charge is 0.385 e. The van der Waals surface area contributed by atoms with E-state index >= 15 is 0 Å². The molecule has 0 saturated carbocycles. The lowest BCUT2D eigenvalue weighted by molar-refractivity contribution is 0.979. The smallest absolute Gasteiger partial charge is 0.0420 e. The molecule has 1 rings (SSSR count). The molecule has 0 bridgehead atoms. The van der Waals surface area contributed by atoms with E-state index in [9.17, 15) is 0 Å². The van der Waals surface area contributed by atoms with Gasteiger partial charge in [0.25, 0.3) is 0 Å². The summed E-state index contributed by atoms with van der Waals surface area (Å²) in [6.45, 7) is 3.18. The number of rotatable bonds is 3. The van der Waals surface area contributed by atoms with Gasteiger partial charge in [-0.1, -0.05) is 25.1 Å². The topological polar surface area (TPSA) is 12.0 Å². The summed E-state index contributed by atoms with van der Waals surface area (Å²) < 4.78 is 0. The summed E-state index contributed by atoms with van der Waals surface area (Å²) in [6, 6.07) is 11.0. The van der Waals surface area contributed by atoms with E-state index in [-0.39, 0.29) is 0 Å². The van der Waals surface area contributed by atoms with Gasteiger partial charge in [0, 0.05) is 18.3 Å². The molecule has 0 atom stereocenters. The Hall–Kier alpha value is -0.980. The fourth-order valence-corrected chi connectivity index (χ4v) is 0.763. The number of anilines is 1. The molecule has 0 heterocycles. The van der Waals surface area contributed by atoms with Gasteiger partial charge in [-0.2, -0.15) is 0 Å². The van der Waals surface area contributed by atoms with Gasteiger partial charge in [-0.15, -0.1) is 0 Å². The molecule has 0 spiro atoms. The minimum atomic E-state index is 1.03. The number of para-hydroxylation sites is 1. The third-order valence-electron chi connectivity index (χ3n) is 1.27. The van der Waals surface area contributed by atoms with Crippen molar-refractivity contribution in [1.29, 1.82) is 0 Å².